The zero-order valence-corrected chi connectivity index (χ0v) is 19.3. The minimum atomic E-state index is -0.365. The van der Waals surface area contributed by atoms with Crippen molar-refractivity contribution in [3.63, 3.8) is 0 Å². The Morgan fingerprint density at radius 1 is 1.17 bits per heavy atom. The molecule has 8 heteroatoms. The number of halogens is 1. The number of hydrogen-bond donors (Lipinski definition) is 1. The van der Waals surface area contributed by atoms with Gasteiger partial charge in [-0.15, -0.1) is 11.8 Å². The molecule has 0 spiro atoms. The van der Waals surface area contributed by atoms with Crippen LogP contribution in [0.3, 0.4) is 0 Å². The van der Waals surface area contributed by atoms with E-state index < -0.39 is 0 Å². The lowest BCUT2D eigenvalue weighted by atomic mass is 10.2. The van der Waals surface area contributed by atoms with Gasteiger partial charge in [0.25, 0.3) is 5.56 Å². The molecule has 2 aromatic carbocycles. The Kier molecular flexibility index (Phi) is 7.64. The first-order valence-corrected chi connectivity index (χ1v) is 11.8. The largest absolute Gasteiger partial charge is 0.351 e. The number of nitrogens with zero attached hydrogens (tertiary/aromatic N) is 2. The van der Waals surface area contributed by atoms with Gasteiger partial charge in [0, 0.05) is 22.5 Å². The topological polar surface area (TPSA) is 64.0 Å². The molecule has 3 rings (SSSR count). The predicted molar refractivity (Wildman–Crippen MR) is 125 cm³/mol. The van der Waals surface area contributed by atoms with Crippen molar-refractivity contribution in [2.45, 2.75) is 35.6 Å². The van der Waals surface area contributed by atoms with Crippen LogP contribution < -0.4 is 10.9 Å². The first kappa shape index (κ1) is 22.5. The van der Waals surface area contributed by atoms with Crippen LogP contribution in [0.4, 0.5) is 0 Å². The normalized spacial score (nSPS) is 11.9. The molecule has 1 amide bonds. The van der Waals surface area contributed by atoms with Crippen molar-refractivity contribution in [2.24, 2.45) is 0 Å². The first-order chi connectivity index (χ1) is 14.4. The summed E-state index contributed by atoms with van der Waals surface area (Å²) >= 11 is 9.16. The van der Waals surface area contributed by atoms with Gasteiger partial charge in [0.05, 0.1) is 10.9 Å². The van der Waals surface area contributed by atoms with Crippen molar-refractivity contribution < 1.29 is 4.79 Å². The molecule has 0 fully saturated rings. The highest BCUT2D eigenvalue weighted by Gasteiger charge is 2.16. The Labute approximate surface area is 189 Å². The molecule has 0 unspecified atom stereocenters. The van der Waals surface area contributed by atoms with E-state index in [4.69, 9.17) is 11.6 Å². The molecule has 0 aliphatic rings. The SMILES string of the molecule is CSc1ccc(CNC(=O)[C@H](C)Sc2ccc(=O)n(-c3ccc(C)c(Cl)c3)n2)cc1. The van der Waals surface area contributed by atoms with Gasteiger partial charge in [-0.3, -0.25) is 9.59 Å². The quantitative estimate of drug-likeness (QED) is 0.518. The molecule has 1 atom stereocenters. The molecule has 1 heterocycles. The lowest BCUT2D eigenvalue weighted by molar-refractivity contribution is -0.120. The smallest absolute Gasteiger partial charge is 0.271 e. The molecule has 0 aliphatic carbocycles. The van der Waals surface area contributed by atoms with Crippen LogP contribution in [0.2, 0.25) is 5.02 Å². The molecule has 0 saturated heterocycles. The van der Waals surface area contributed by atoms with Crippen molar-refractivity contribution in [1.29, 1.82) is 0 Å². The third-order valence-corrected chi connectivity index (χ3v) is 6.65. The van der Waals surface area contributed by atoms with E-state index >= 15 is 0 Å². The van der Waals surface area contributed by atoms with Crippen LogP contribution in [0.15, 0.2) is 69.3 Å². The molecule has 0 aliphatic heterocycles. The highest BCUT2D eigenvalue weighted by atomic mass is 35.5. The monoisotopic (exact) mass is 459 g/mol. The predicted octanol–water partition coefficient (Wildman–Crippen LogP) is 4.71. The van der Waals surface area contributed by atoms with Crippen molar-refractivity contribution in [1.82, 2.24) is 15.1 Å². The number of aryl methyl sites for hydroxylation is 1. The molecule has 5 nitrogen and oxygen atoms in total. The molecule has 3 aromatic rings. The molecule has 1 N–H and O–H groups in total. The number of nitrogens with one attached hydrogen (secondary N) is 1. The summed E-state index contributed by atoms with van der Waals surface area (Å²) in [4.78, 5) is 25.9. The van der Waals surface area contributed by atoms with Gasteiger partial charge in [-0.2, -0.15) is 9.78 Å². The van der Waals surface area contributed by atoms with E-state index in [9.17, 15) is 9.59 Å². The fourth-order valence-corrected chi connectivity index (χ4v) is 4.08. The number of carbonyl (C=O) groups excluding carboxylic acids is 1. The number of rotatable bonds is 7. The zero-order chi connectivity index (χ0) is 21.7. The Bertz CT molecular complexity index is 1100. The molecule has 0 radical (unpaired) electrons. The van der Waals surface area contributed by atoms with Gasteiger partial charge in [-0.1, -0.05) is 41.6 Å². The maximum Gasteiger partial charge on any atom is 0.271 e. The fraction of sp³-hybridized carbons (Fsp3) is 0.227. The third-order valence-electron chi connectivity index (χ3n) is 4.47. The summed E-state index contributed by atoms with van der Waals surface area (Å²) < 4.78 is 1.30. The van der Waals surface area contributed by atoms with E-state index in [2.05, 4.69) is 10.4 Å². The van der Waals surface area contributed by atoms with E-state index in [0.717, 1.165) is 11.1 Å². The summed E-state index contributed by atoms with van der Waals surface area (Å²) in [5.74, 6) is -0.0909. The molecular formula is C22H22ClN3O2S2. The van der Waals surface area contributed by atoms with Gasteiger partial charge in [0.15, 0.2) is 0 Å². The first-order valence-electron chi connectivity index (χ1n) is 9.31. The fourth-order valence-electron chi connectivity index (χ4n) is 2.67. The lowest BCUT2D eigenvalue weighted by Crippen LogP contribution is -2.30. The van der Waals surface area contributed by atoms with Crippen LogP contribution >= 0.6 is 35.1 Å². The summed E-state index contributed by atoms with van der Waals surface area (Å²) in [5.41, 5.74) is 2.29. The van der Waals surface area contributed by atoms with Crippen molar-refractivity contribution in [3.05, 3.63) is 81.1 Å². The van der Waals surface area contributed by atoms with Gasteiger partial charge < -0.3 is 5.32 Å². The summed E-state index contributed by atoms with van der Waals surface area (Å²) in [6.07, 6.45) is 2.03. The zero-order valence-electron chi connectivity index (χ0n) is 16.9. The molecular weight excluding hydrogens is 438 g/mol. The van der Waals surface area contributed by atoms with E-state index in [0.29, 0.717) is 22.3 Å². The molecule has 1 aromatic heterocycles. The molecule has 156 valence electrons. The van der Waals surface area contributed by atoms with Crippen LogP contribution in [-0.2, 0) is 11.3 Å². The molecule has 0 saturated carbocycles. The van der Waals surface area contributed by atoms with Gasteiger partial charge >= 0.3 is 0 Å². The average molecular weight is 460 g/mol. The average Bonchev–Trinajstić information content (AvgIpc) is 2.75. The minimum Gasteiger partial charge on any atom is -0.351 e. The number of aromatic nitrogens is 2. The lowest BCUT2D eigenvalue weighted by Gasteiger charge is -2.13. The van der Waals surface area contributed by atoms with Crippen LogP contribution in [0.5, 0.6) is 0 Å². The summed E-state index contributed by atoms with van der Waals surface area (Å²) in [7, 11) is 0. The van der Waals surface area contributed by atoms with E-state index in [1.165, 1.54) is 27.4 Å². The van der Waals surface area contributed by atoms with Gasteiger partial charge in [0.2, 0.25) is 5.91 Å². The second-order valence-electron chi connectivity index (χ2n) is 6.68. The van der Waals surface area contributed by atoms with Crippen LogP contribution in [0, 0.1) is 6.92 Å². The summed E-state index contributed by atoms with van der Waals surface area (Å²) in [6, 6.07) is 16.5. The number of thioether (sulfide) groups is 2. The Morgan fingerprint density at radius 3 is 2.57 bits per heavy atom. The molecule has 0 bridgehead atoms. The number of amides is 1. The van der Waals surface area contributed by atoms with Gasteiger partial charge in [0.1, 0.15) is 5.03 Å². The highest BCUT2D eigenvalue weighted by Crippen LogP contribution is 2.22. The number of benzene rings is 2. The minimum absolute atomic E-state index is 0.0909. The standard InChI is InChI=1S/C22H22ClN3O2S2/c1-14-4-7-17(12-19(14)23)26-21(27)11-10-20(25-26)30-15(2)22(28)24-13-16-5-8-18(29-3)9-6-16/h4-12,15H,13H2,1-3H3,(H,24,28)/t15-/m0/s1. The van der Waals surface area contributed by atoms with Gasteiger partial charge in [-0.25, -0.2) is 0 Å². The van der Waals surface area contributed by atoms with Crippen molar-refractivity contribution >= 4 is 41.0 Å². The van der Waals surface area contributed by atoms with E-state index in [1.54, 1.807) is 30.0 Å². The Hall–Kier alpha value is -2.22. The van der Waals surface area contributed by atoms with Crippen molar-refractivity contribution in [3.8, 4) is 5.69 Å². The van der Waals surface area contributed by atoms with Crippen LogP contribution in [-0.4, -0.2) is 27.2 Å². The summed E-state index contributed by atoms with van der Waals surface area (Å²) in [5, 5.41) is 8.13. The van der Waals surface area contributed by atoms with Crippen molar-refractivity contribution in [2.75, 3.05) is 6.26 Å². The number of hydrogen-bond acceptors (Lipinski definition) is 5. The number of carbonyl (C=O) groups is 1. The van der Waals surface area contributed by atoms with Gasteiger partial charge in [-0.05, 0) is 61.6 Å². The molecule has 30 heavy (non-hydrogen) atoms. The maximum atomic E-state index is 12.5. The Morgan fingerprint density at radius 2 is 1.90 bits per heavy atom. The van der Waals surface area contributed by atoms with E-state index in [1.807, 2.05) is 50.4 Å². The third kappa shape index (κ3) is 5.68. The van der Waals surface area contributed by atoms with Crippen LogP contribution in [0.25, 0.3) is 5.69 Å². The Balaban J connectivity index is 1.66. The highest BCUT2D eigenvalue weighted by molar-refractivity contribution is 8.00. The van der Waals surface area contributed by atoms with Crippen LogP contribution in [0.1, 0.15) is 18.1 Å². The second-order valence-corrected chi connectivity index (χ2v) is 9.33. The second kappa shape index (κ2) is 10.2. The van der Waals surface area contributed by atoms with E-state index in [-0.39, 0.29) is 16.7 Å². The summed E-state index contributed by atoms with van der Waals surface area (Å²) in [6.45, 7) is 4.18. The maximum absolute atomic E-state index is 12.5.